The van der Waals surface area contributed by atoms with Crippen LogP contribution in [0.3, 0.4) is 0 Å². The molecule has 2 fully saturated rings. The van der Waals surface area contributed by atoms with Crippen LogP contribution in [0.25, 0.3) is 0 Å². The molecule has 0 spiro atoms. The number of carbonyl (C=O) groups is 1. The van der Waals surface area contributed by atoms with Crippen LogP contribution >= 0.6 is 0 Å². The van der Waals surface area contributed by atoms with Crippen molar-refractivity contribution in [3.05, 3.63) is 24.3 Å². The van der Waals surface area contributed by atoms with Crippen molar-refractivity contribution < 1.29 is 4.79 Å². The maximum Gasteiger partial charge on any atom is 0.227 e. The minimum absolute atomic E-state index is 0.145. The zero-order chi connectivity index (χ0) is 15.4. The van der Waals surface area contributed by atoms with E-state index in [1.54, 1.807) is 0 Å². The summed E-state index contributed by atoms with van der Waals surface area (Å²) >= 11 is 0. The van der Waals surface area contributed by atoms with Gasteiger partial charge in [0.1, 0.15) is 0 Å². The van der Waals surface area contributed by atoms with E-state index in [-0.39, 0.29) is 11.8 Å². The van der Waals surface area contributed by atoms with E-state index in [0.717, 1.165) is 37.3 Å². The first-order valence-corrected chi connectivity index (χ1v) is 8.59. The topological polar surface area (TPSA) is 44.4 Å². The van der Waals surface area contributed by atoms with Crippen LogP contribution in [-0.4, -0.2) is 32.1 Å². The highest BCUT2D eigenvalue weighted by molar-refractivity contribution is 5.95. The smallest absolute Gasteiger partial charge is 0.227 e. The number of amides is 1. The van der Waals surface area contributed by atoms with Gasteiger partial charge in [-0.25, -0.2) is 0 Å². The zero-order valence-corrected chi connectivity index (χ0v) is 13.5. The minimum Gasteiger partial charge on any atom is -0.370 e. The number of carbonyl (C=O) groups excluding carboxylic acids is 1. The molecule has 1 amide bonds. The fourth-order valence-electron chi connectivity index (χ4n) is 3.69. The van der Waals surface area contributed by atoms with Crippen molar-refractivity contribution in [1.82, 2.24) is 5.32 Å². The second-order valence-electron chi connectivity index (χ2n) is 6.58. The van der Waals surface area contributed by atoms with Gasteiger partial charge in [-0.15, -0.1) is 0 Å². The third kappa shape index (κ3) is 3.43. The van der Waals surface area contributed by atoms with Crippen molar-refractivity contribution in [2.45, 2.75) is 44.6 Å². The van der Waals surface area contributed by atoms with Crippen molar-refractivity contribution in [3.8, 4) is 0 Å². The Morgan fingerprint density at radius 1 is 1.14 bits per heavy atom. The molecule has 1 saturated carbocycles. The molecule has 2 aliphatic rings. The number of benzene rings is 1. The first-order chi connectivity index (χ1) is 10.8. The van der Waals surface area contributed by atoms with Gasteiger partial charge in [-0.2, -0.15) is 0 Å². The predicted molar refractivity (Wildman–Crippen MR) is 91.3 cm³/mol. The van der Waals surface area contributed by atoms with Gasteiger partial charge in [0.15, 0.2) is 0 Å². The summed E-state index contributed by atoms with van der Waals surface area (Å²) in [5.74, 6) is 0.319. The minimum atomic E-state index is 0.145. The van der Waals surface area contributed by atoms with Crippen molar-refractivity contribution in [2.24, 2.45) is 5.92 Å². The molecule has 0 bridgehead atoms. The number of hydrogen-bond donors (Lipinski definition) is 2. The second-order valence-corrected chi connectivity index (χ2v) is 6.58. The molecule has 1 saturated heterocycles. The van der Waals surface area contributed by atoms with Crippen LogP contribution in [0.15, 0.2) is 24.3 Å². The molecule has 0 aromatic heterocycles. The molecule has 4 nitrogen and oxygen atoms in total. The van der Waals surface area contributed by atoms with Gasteiger partial charge in [0.25, 0.3) is 0 Å². The maximum absolute atomic E-state index is 12.5. The standard InChI is InChI=1S/C18H27N3O/c1-21(15-6-2-3-7-15)17-9-5-4-8-16(17)20-18(22)14-10-12-19-13-11-14/h4-5,8-9,14-15,19H,2-3,6-7,10-13H2,1H3,(H,20,22). The van der Waals surface area contributed by atoms with Gasteiger partial charge >= 0.3 is 0 Å². The van der Waals surface area contributed by atoms with Gasteiger partial charge in [0, 0.05) is 19.0 Å². The quantitative estimate of drug-likeness (QED) is 0.898. The summed E-state index contributed by atoms with van der Waals surface area (Å²) < 4.78 is 0. The second kappa shape index (κ2) is 7.14. The number of anilines is 2. The average Bonchev–Trinajstić information content (AvgIpc) is 3.10. The maximum atomic E-state index is 12.5. The molecule has 2 N–H and O–H groups in total. The Morgan fingerprint density at radius 3 is 2.55 bits per heavy atom. The third-order valence-corrected chi connectivity index (χ3v) is 5.12. The van der Waals surface area contributed by atoms with Crippen LogP contribution in [0.4, 0.5) is 11.4 Å². The van der Waals surface area contributed by atoms with Crippen molar-refractivity contribution in [2.75, 3.05) is 30.4 Å². The summed E-state index contributed by atoms with van der Waals surface area (Å²) in [4.78, 5) is 14.9. The lowest BCUT2D eigenvalue weighted by Crippen LogP contribution is -2.35. The molecule has 4 heteroatoms. The zero-order valence-electron chi connectivity index (χ0n) is 13.5. The van der Waals surface area contributed by atoms with Crippen LogP contribution in [0.2, 0.25) is 0 Å². The van der Waals surface area contributed by atoms with Crippen LogP contribution in [-0.2, 0) is 4.79 Å². The third-order valence-electron chi connectivity index (χ3n) is 5.12. The van der Waals surface area contributed by atoms with E-state index < -0.39 is 0 Å². The van der Waals surface area contributed by atoms with Gasteiger partial charge in [-0.1, -0.05) is 25.0 Å². The molecule has 1 heterocycles. The molecule has 1 aromatic carbocycles. The number of nitrogens with one attached hydrogen (secondary N) is 2. The molecule has 1 aliphatic heterocycles. The van der Waals surface area contributed by atoms with Crippen LogP contribution < -0.4 is 15.5 Å². The lowest BCUT2D eigenvalue weighted by molar-refractivity contribution is -0.120. The van der Waals surface area contributed by atoms with Gasteiger partial charge < -0.3 is 15.5 Å². The SMILES string of the molecule is CN(c1ccccc1NC(=O)C1CCNCC1)C1CCCC1. The number of piperidine rings is 1. The van der Waals surface area contributed by atoms with E-state index in [0.29, 0.717) is 6.04 Å². The molecule has 1 aromatic rings. The highest BCUT2D eigenvalue weighted by atomic mass is 16.1. The Hall–Kier alpha value is -1.55. The summed E-state index contributed by atoms with van der Waals surface area (Å²) in [6.07, 6.45) is 7.02. The largest absolute Gasteiger partial charge is 0.370 e. The first kappa shape index (κ1) is 15.3. The number of nitrogens with zero attached hydrogens (tertiary/aromatic N) is 1. The highest BCUT2D eigenvalue weighted by Gasteiger charge is 2.24. The molecule has 0 unspecified atom stereocenters. The van der Waals surface area contributed by atoms with Crippen LogP contribution in [0.1, 0.15) is 38.5 Å². The van der Waals surface area contributed by atoms with Gasteiger partial charge in [0.2, 0.25) is 5.91 Å². The van der Waals surface area contributed by atoms with Crippen molar-refractivity contribution >= 4 is 17.3 Å². The lowest BCUT2D eigenvalue weighted by Gasteiger charge is -2.29. The summed E-state index contributed by atoms with van der Waals surface area (Å²) in [5.41, 5.74) is 2.11. The summed E-state index contributed by atoms with van der Waals surface area (Å²) in [6, 6.07) is 8.82. The molecule has 120 valence electrons. The lowest BCUT2D eigenvalue weighted by atomic mass is 9.97. The Kier molecular flexibility index (Phi) is 4.98. The fourth-order valence-corrected chi connectivity index (χ4v) is 3.69. The number of rotatable bonds is 4. The fraction of sp³-hybridized carbons (Fsp3) is 0.611. The molecule has 1 aliphatic carbocycles. The van der Waals surface area contributed by atoms with Crippen molar-refractivity contribution in [3.63, 3.8) is 0 Å². The highest BCUT2D eigenvalue weighted by Crippen LogP contribution is 2.32. The van der Waals surface area contributed by atoms with Crippen LogP contribution in [0.5, 0.6) is 0 Å². The van der Waals surface area contributed by atoms with Gasteiger partial charge in [-0.3, -0.25) is 4.79 Å². The van der Waals surface area contributed by atoms with E-state index in [2.05, 4.69) is 34.7 Å². The Morgan fingerprint density at radius 2 is 1.82 bits per heavy atom. The van der Waals surface area contributed by atoms with E-state index in [1.165, 1.54) is 25.7 Å². The predicted octanol–water partition coefficient (Wildman–Crippen LogP) is 3.00. The summed E-state index contributed by atoms with van der Waals surface area (Å²) in [5, 5.41) is 6.49. The molecule has 3 rings (SSSR count). The molecular weight excluding hydrogens is 274 g/mol. The molecule has 0 radical (unpaired) electrons. The van der Waals surface area contributed by atoms with E-state index >= 15 is 0 Å². The molecule has 22 heavy (non-hydrogen) atoms. The van der Waals surface area contributed by atoms with E-state index in [4.69, 9.17) is 0 Å². The van der Waals surface area contributed by atoms with Gasteiger partial charge in [-0.05, 0) is 50.9 Å². The Labute approximate surface area is 133 Å². The Balaban J connectivity index is 1.71. The Bertz CT molecular complexity index is 505. The van der Waals surface area contributed by atoms with Gasteiger partial charge in [0.05, 0.1) is 11.4 Å². The van der Waals surface area contributed by atoms with Crippen LogP contribution in [0, 0.1) is 5.92 Å². The summed E-state index contributed by atoms with van der Waals surface area (Å²) in [7, 11) is 2.16. The summed E-state index contributed by atoms with van der Waals surface area (Å²) in [6.45, 7) is 1.89. The first-order valence-electron chi connectivity index (χ1n) is 8.59. The average molecular weight is 301 g/mol. The molecule has 0 atom stereocenters. The number of hydrogen-bond acceptors (Lipinski definition) is 3. The normalized spacial score (nSPS) is 20.0. The monoisotopic (exact) mass is 301 g/mol. The van der Waals surface area contributed by atoms with E-state index in [1.807, 2.05) is 12.1 Å². The van der Waals surface area contributed by atoms with Crippen molar-refractivity contribution in [1.29, 1.82) is 0 Å². The van der Waals surface area contributed by atoms with E-state index in [9.17, 15) is 4.79 Å². The number of para-hydroxylation sites is 2. The molecular formula is C18H27N3O.